The van der Waals surface area contributed by atoms with Crippen LogP contribution < -0.4 is 9.47 Å². The molecule has 5 nitrogen and oxygen atoms in total. The molecule has 3 saturated carbocycles. The lowest BCUT2D eigenvalue weighted by atomic mass is 9.44. The number of ketones is 1. The normalized spacial score (nSPS) is 22.2. The molecule has 0 aliphatic heterocycles. The van der Waals surface area contributed by atoms with Crippen LogP contribution in [0.3, 0.4) is 0 Å². The summed E-state index contributed by atoms with van der Waals surface area (Å²) < 4.78 is 23.6. The highest BCUT2D eigenvalue weighted by atomic mass is 16.5. The van der Waals surface area contributed by atoms with Gasteiger partial charge in [0.1, 0.15) is 30.5 Å². The van der Waals surface area contributed by atoms with Crippen LogP contribution in [-0.4, -0.2) is 45.4 Å². The number of carbonyl (C=O) groups is 1. The van der Waals surface area contributed by atoms with Crippen LogP contribution in [0.1, 0.15) is 90.2 Å². The highest BCUT2D eigenvalue weighted by Gasteiger charge is 2.59. The molecule has 3 atom stereocenters. The zero-order valence-electron chi connectivity index (χ0n) is 22.4. The molecule has 2 bridgehead atoms. The number of Topliss-reactive ketones (excluding diaryl/α,β-unsaturated/α-hetero) is 1. The molecule has 0 saturated heterocycles. The van der Waals surface area contributed by atoms with Gasteiger partial charge in [-0.1, -0.05) is 45.5 Å². The van der Waals surface area contributed by atoms with Gasteiger partial charge >= 0.3 is 0 Å². The average molecular weight is 485 g/mol. The van der Waals surface area contributed by atoms with E-state index in [4.69, 9.17) is 18.9 Å². The SMILES string of the molecule is CCCCCC#Cc1cc(OCCOCC)c([C@@H]2CC(=O)C3CC2C3(C)C)c(OCCOCC)c1. The molecule has 0 heterocycles. The van der Waals surface area contributed by atoms with Gasteiger partial charge in [0.15, 0.2) is 0 Å². The zero-order chi connectivity index (χ0) is 25.3. The maximum Gasteiger partial charge on any atom is 0.137 e. The lowest BCUT2D eigenvalue weighted by Crippen LogP contribution is -2.56. The molecule has 4 rings (SSSR count). The third-order valence-electron chi connectivity index (χ3n) is 7.63. The third kappa shape index (κ3) is 6.80. The molecule has 3 aliphatic carbocycles. The molecule has 1 aromatic carbocycles. The van der Waals surface area contributed by atoms with E-state index < -0.39 is 0 Å². The van der Waals surface area contributed by atoms with Gasteiger partial charge in [0, 0.05) is 49.0 Å². The highest BCUT2D eigenvalue weighted by Crippen LogP contribution is 2.64. The molecular formula is C30H44O5. The second kappa shape index (κ2) is 13.3. The van der Waals surface area contributed by atoms with Crippen LogP contribution in [0.25, 0.3) is 0 Å². The smallest absolute Gasteiger partial charge is 0.137 e. The maximum absolute atomic E-state index is 13.0. The van der Waals surface area contributed by atoms with Crippen LogP contribution >= 0.6 is 0 Å². The fourth-order valence-electron chi connectivity index (χ4n) is 5.61. The van der Waals surface area contributed by atoms with E-state index in [-0.39, 0.29) is 17.3 Å². The first-order chi connectivity index (χ1) is 16.9. The summed E-state index contributed by atoms with van der Waals surface area (Å²) in [7, 11) is 0. The van der Waals surface area contributed by atoms with E-state index in [1.165, 1.54) is 12.8 Å². The molecule has 1 aromatic rings. The van der Waals surface area contributed by atoms with Crippen LogP contribution in [0.5, 0.6) is 11.5 Å². The van der Waals surface area contributed by atoms with E-state index in [1.54, 1.807) is 0 Å². The second-order valence-electron chi connectivity index (χ2n) is 10.2. The molecule has 0 N–H and O–H groups in total. The van der Waals surface area contributed by atoms with Crippen LogP contribution in [0, 0.1) is 29.1 Å². The quantitative estimate of drug-likeness (QED) is 0.234. The Kier molecular flexibility index (Phi) is 10.5. The fourth-order valence-corrected chi connectivity index (χ4v) is 5.61. The summed E-state index contributed by atoms with van der Waals surface area (Å²) in [6.07, 6.45) is 5.87. The lowest BCUT2D eigenvalue weighted by Gasteiger charge is -2.59. The molecule has 2 unspecified atom stereocenters. The molecule has 0 radical (unpaired) electrons. The summed E-state index contributed by atoms with van der Waals surface area (Å²) in [6.45, 7) is 13.9. The lowest BCUT2D eigenvalue weighted by molar-refractivity contribution is -0.151. The number of rotatable bonds is 14. The molecule has 0 aromatic heterocycles. The van der Waals surface area contributed by atoms with Crippen molar-refractivity contribution >= 4 is 5.78 Å². The van der Waals surface area contributed by atoms with Gasteiger partial charge in [-0.15, -0.1) is 0 Å². The van der Waals surface area contributed by atoms with Gasteiger partial charge < -0.3 is 18.9 Å². The maximum atomic E-state index is 13.0. The van der Waals surface area contributed by atoms with Crippen LogP contribution in [0.15, 0.2) is 12.1 Å². The Morgan fingerprint density at radius 3 is 2.09 bits per heavy atom. The average Bonchev–Trinajstić information content (AvgIpc) is 2.83. The van der Waals surface area contributed by atoms with Crippen molar-refractivity contribution in [2.75, 3.05) is 39.6 Å². The summed E-state index contributed by atoms with van der Waals surface area (Å²) >= 11 is 0. The predicted molar refractivity (Wildman–Crippen MR) is 139 cm³/mol. The predicted octanol–water partition coefficient (Wildman–Crippen LogP) is 6.17. The molecule has 3 aliphatic rings. The number of fused-ring (bicyclic) bond motifs is 2. The van der Waals surface area contributed by atoms with Crippen molar-refractivity contribution in [1.29, 1.82) is 0 Å². The van der Waals surface area contributed by atoms with Crippen molar-refractivity contribution in [3.63, 3.8) is 0 Å². The zero-order valence-corrected chi connectivity index (χ0v) is 22.4. The summed E-state index contributed by atoms with van der Waals surface area (Å²) in [5.74, 6) is 9.24. The minimum absolute atomic E-state index is 0.00291. The minimum Gasteiger partial charge on any atom is -0.491 e. The van der Waals surface area contributed by atoms with Gasteiger partial charge in [-0.3, -0.25) is 4.79 Å². The Hall–Kier alpha value is -2.03. The first-order valence-corrected chi connectivity index (χ1v) is 13.5. The Labute approximate surface area is 212 Å². The summed E-state index contributed by atoms with van der Waals surface area (Å²) in [4.78, 5) is 13.0. The molecule has 0 spiro atoms. The molecule has 194 valence electrons. The van der Waals surface area contributed by atoms with Gasteiger partial charge in [-0.25, -0.2) is 0 Å². The van der Waals surface area contributed by atoms with Crippen LogP contribution in [0.4, 0.5) is 0 Å². The first kappa shape index (κ1) is 27.6. The van der Waals surface area contributed by atoms with Crippen molar-refractivity contribution < 1.29 is 23.7 Å². The Morgan fingerprint density at radius 2 is 1.57 bits per heavy atom. The molecule has 5 heteroatoms. The second-order valence-corrected chi connectivity index (χ2v) is 10.2. The Bertz CT molecular complexity index is 861. The Balaban J connectivity index is 1.96. The highest BCUT2D eigenvalue weighted by molar-refractivity contribution is 5.86. The molecule has 3 fully saturated rings. The molecule has 0 amide bonds. The molecule has 35 heavy (non-hydrogen) atoms. The number of benzene rings is 1. The summed E-state index contributed by atoms with van der Waals surface area (Å²) in [6, 6.07) is 4.07. The van der Waals surface area contributed by atoms with E-state index in [1.807, 2.05) is 26.0 Å². The summed E-state index contributed by atoms with van der Waals surface area (Å²) in [5.41, 5.74) is 1.90. The van der Waals surface area contributed by atoms with E-state index in [2.05, 4.69) is 32.6 Å². The third-order valence-corrected chi connectivity index (χ3v) is 7.63. The number of unbranched alkanes of at least 4 members (excludes halogenated alkanes) is 3. The van der Waals surface area contributed by atoms with Crippen molar-refractivity contribution in [2.45, 2.75) is 79.1 Å². The molecular weight excluding hydrogens is 440 g/mol. The summed E-state index contributed by atoms with van der Waals surface area (Å²) in [5, 5.41) is 0. The van der Waals surface area contributed by atoms with Gasteiger partial charge in [0.2, 0.25) is 0 Å². The monoisotopic (exact) mass is 484 g/mol. The Morgan fingerprint density at radius 1 is 0.943 bits per heavy atom. The van der Waals surface area contributed by atoms with E-state index in [0.717, 1.165) is 41.9 Å². The number of carbonyl (C=O) groups excluding carboxylic acids is 1. The topological polar surface area (TPSA) is 54.0 Å². The van der Waals surface area contributed by atoms with Crippen molar-refractivity contribution in [3.05, 3.63) is 23.3 Å². The van der Waals surface area contributed by atoms with Gasteiger partial charge in [-0.2, -0.15) is 0 Å². The van der Waals surface area contributed by atoms with Crippen molar-refractivity contribution in [2.24, 2.45) is 17.3 Å². The van der Waals surface area contributed by atoms with Crippen LogP contribution in [0.2, 0.25) is 0 Å². The van der Waals surface area contributed by atoms with Gasteiger partial charge in [0.05, 0.1) is 13.2 Å². The van der Waals surface area contributed by atoms with Gasteiger partial charge in [0.25, 0.3) is 0 Å². The van der Waals surface area contributed by atoms with E-state index in [0.29, 0.717) is 57.8 Å². The number of ether oxygens (including phenoxy) is 4. The van der Waals surface area contributed by atoms with Gasteiger partial charge in [-0.05, 0) is 50.2 Å². The first-order valence-electron chi connectivity index (χ1n) is 13.5. The van der Waals surface area contributed by atoms with E-state index in [9.17, 15) is 4.79 Å². The fraction of sp³-hybridized carbons (Fsp3) is 0.700. The minimum atomic E-state index is 0.00291. The standard InChI is InChI=1S/C30H44O5/c1-6-9-10-11-12-13-22-18-27(34-16-14-32-7-2)29(28(19-22)35-17-15-33-8-3)23-20-26(31)25-21-24(23)30(25,4)5/h18-19,23-25H,6-11,14-17,20-21H2,1-5H3/t23-,24?,25?/m1/s1. The van der Waals surface area contributed by atoms with Crippen LogP contribution in [-0.2, 0) is 14.3 Å². The number of hydrogen-bond acceptors (Lipinski definition) is 5. The number of hydrogen-bond donors (Lipinski definition) is 0. The largest absolute Gasteiger partial charge is 0.491 e. The van der Waals surface area contributed by atoms with Crippen molar-refractivity contribution in [3.8, 4) is 23.3 Å². The van der Waals surface area contributed by atoms with E-state index >= 15 is 0 Å². The van der Waals surface area contributed by atoms with Crippen molar-refractivity contribution in [1.82, 2.24) is 0 Å².